The summed E-state index contributed by atoms with van der Waals surface area (Å²) in [7, 11) is 0. The van der Waals surface area contributed by atoms with Crippen LogP contribution in [0.3, 0.4) is 0 Å². The molecular formula is C14H12O6. The summed E-state index contributed by atoms with van der Waals surface area (Å²) < 4.78 is 11.0. The maximum atomic E-state index is 12.4. The number of carbonyl (C=O) groups is 1. The molecule has 0 fully saturated rings. The van der Waals surface area contributed by atoms with Gasteiger partial charge >= 0.3 is 5.97 Å². The average molecular weight is 276 g/mol. The highest BCUT2D eigenvalue weighted by molar-refractivity contribution is 6.02. The second-order valence-electron chi connectivity index (χ2n) is 4.83. The van der Waals surface area contributed by atoms with E-state index in [0.717, 1.165) is 6.07 Å². The van der Waals surface area contributed by atoms with E-state index in [4.69, 9.17) is 14.3 Å². The molecule has 0 saturated carbocycles. The fourth-order valence-electron chi connectivity index (χ4n) is 2.41. The van der Waals surface area contributed by atoms with Crippen molar-refractivity contribution in [2.45, 2.75) is 26.1 Å². The lowest BCUT2D eigenvalue weighted by Gasteiger charge is -2.21. The Balaban J connectivity index is 2.40. The molecule has 0 radical (unpaired) electrons. The number of rotatable bonds is 1. The molecule has 0 amide bonds. The first-order valence-corrected chi connectivity index (χ1v) is 6.14. The van der Waals surface area contributed by atoms with Crippen LogP contribution >= 0.6 is 0 Å². The Labute approximate surface area is 113 Å². The van der Waals surface area contributed by atoms with Gasteiger partial charge in [-0.25, -0.2) is 4.79 Å². The van der Waals surface area contributed by atoms with Crippen molar-refractivity contribution in [3.05, 3.63) is 39.2 Å². The summed E-state index contributed by atoms with van der Waals surface area (Å²) in [5.41, 5.74) is -0.246. The third kappa shape index (κ3) is 1.85. The second-order valence-corrected chi connectivity index (χ2v) is 4.83. The number of phenolic OH excluding ortho intramolecular Hbond substituents is 1. The van der Waals surface area contributed by atoms with Crippen molar-refractivity contribution in [1.82, 2.24) is 0 Å². The van der Waals surface area contributed by atoms with Gasteiger partial charge in [-0.05, 0) is 13.0 Å². The molecule has 1 aromatic carbocycles. The zero-order valence-electron chi connectivity index (χ0n) is 10.7. The van der Waals surface area contributed by atoms with Gasteiger partial charge in [-0.2, -0.15) is 0 Å². The number of benzene rings is 1. The molecule has 104 valence electrons. The van der Waals surface area contributed by atoms with Crippen LogP contribution in [-0.4, -0.2) is 22.3 Å². The Morgan fingerprint density at radius 2 is 2.15 bits per heavy atom. The summed E-state index contributed by atoms with van der Waals surface area (Å²) in [5.74, 6) is -1.05. The molecular weight excluding hydrogens is 264 g/mol. The molecule has 0 spiro atoms. The van der Waals surface area contributed by atoms with Gasteiger partial charge in [0.2, 0.25) is 0 Å². The molecule has 0 unspecified atom stereocenters. The predicted octanol–water partition coefficient (Wildman–Crippen LogP) is 1.66. The van der Waals surface area contributed by atoms with Crippen LogP contribution < -0.4 is 5.43 Å². The third-order valence-electron chi connectivity index (χ3n) is 3.37. The predicted molar refractivity (Wildman–Crippen MR) is 69.1 cm³/mol. The van der Waals surface area contributed by atoms with Crippen molar-refractivity contribution < 1.29 is 24.2 Å². The monoisotopic (exact) mass is 276 g/mol. The number of aromatic hydroxyl groups is 1. The Hall–Kier alpha value is -2.34. The van der Waals surface area contributed by atoms with E-state index in [2.05, 4.69) is 0 Å². The molecule has 0 bridgehead atoms. The van der Waals surface area contributed by atoms with E-state index in [9.17, 15) is 14.7 Å². The van der Waals surface area contributed by atoms with Gasteiger partial charge in [-0.1, -0.05) is 0 Å². The highest BCUT2D eigenvalue weighted by atomic mass is 16.5. The molecule has 3 rings (SSSR count). The van der Waals surface area contributed by atoms with Crippen LogP contribution in [0.5, 0.6) is 5.75 Å². The lowest BCUT2D eigenvalue weighted by molar-refractivity contribution is 0.0334. The van der Waals surface area contributed by atoms with E-state index in [1.807, 2.05) is 6.92 Å². The first-order chi connectivity index (χ1) is 9.47. The van der Waals surface area contributed by atoms with Crippen LogP contribution in [0.25, 0.3) is 11.0 Å². The van der Waals surface area contributed by atoms with E-state index >= 15 is 0 Å². The topological polar surface area (TPSA) is 97.0 Å². The van der Waals surface area contributed by atoms with Crippen molar-refractivity contribution in [2.75, 3.05) is 0 Å². The second kappa shape index (κ2) is 4.35. The molecule has 2 aromatic rings. The van der Waals surface area contributed by atoms with Gasteiger partial charge in [0.25, 0.3) is 0 Å². The molecule has 1 aliphatic rings. The molecule has 0 saturated heterocycles. The number of ether oxygens (including phenoxy) is 1. The Bertz CT molecular complexity index is 773. The molecule has 6 heteroatoms. The van der Waals surface area contributed by atoms with Gasteiger partial charge in [0.05, 0.1) is 29.2 Å². The number of phenols is 1. The zero-order chi connectivity index (χ0) is 14.4. The van der Waals surface area contributed by atoms with Crippen LogP contribution in [0.2, 0.25) is 0 Å². The number of aromatic carboxylic acids is 1. The first kappa shape index (κ1) is 12.7. The SMILES string of the molecule is C[C@H]1Cc2oc3cc(O)cc(C(=O)O)c3c(=O)c2CO1. The zero-order valence-corrected chi connectivity index (χ0v) is 10.7. The van der Waals surface area contributed by atoms with Gasteiger partial charge in [0.1, 0.15) is 17.1 Å². The normalized spacial score (nSPS) is 17.9. The standard InChI is InChI=1S/C14H12O6/c1-6-2-10-9(5-19-6)13(16)12-8(14(17)18)3-7(15)4-11(12)20-10/h3-4,6,15H,2,5H2,1H3,(H,17,18)/t6-/m0/s1. The molecule has 2 heterocycles. The van der Waals surface area contributed by atoms with E-state index in [1.165, 1.54) is 6.07 Å². The van der Waals surface area contributed by atoms with Crippen LogP contribution in [0.1, 0.15) is 28.6 Å². The van der Waals surface area contributed by atoms with Gasteiger partial charge in [0, 0.05) is 12.5 Å². The molecule has 2 N–H and O–H groups in total. The van der Waals surface area contributed by atoms with Gasteiger partial charge < -0.3 is 19.4 Å². The summed E-state index contributed by atoms with van der Waals surface area (Å²) in [4.78, 5) is 23.6. The fraction of sp³-hybridized carbons (Fsp3) is 0.286. The summed E-state index contributed by atoms with van der Waals surface area (Å²) in [6.07, 6.45) is 0.373. The van der Waals surface area contributed by atoms with E-state index < -0.39 is 11.4 Å². The molecule has 20 heavy (non-hydrogen) atoms. The van der Waals surface area contributed by atoms with Gasteiger partial charge in [-0.3, -0.25) is 4.79 Å². The van der Waals surface area contributed by atoms with Gasteiger partial charge in [-0.15, -0.1) is 0 Å². The minimum Gasteiger partial charge on any atom is -0.508 e. The van der Waals surface area contributed by atoms with Crippen molar-refractivity contribution in [3.63, 3.8) is 0 Å². The smallest absolute Gasteiger partial charge is 0.336 e. The molecule has 1 atom stereocenters. The number of hydrogen-bond donors (Lipinski definition) is 2. The van der Waals surface area contributed by atoms with Crippen molar-refractivity contribution in [1.29, 1.82) is 0 Å². The quantitative estimate of drug-likeness (QED) is 0.822. The van der Waals surface area contributed by atoms with E-state index in [-0.39, 0.29) is 35.0 Å². The summed E-state index contributed by atoms with van der Waals surface area (Å²) in [6, 6.07) is 2.30. The maximum absolute atomic E-state index is 12.4. The third-order valence-corrected chi connectivity index (χ3v) is 3.37. The Kier molecular flexibility index (Phi) is 2.76. The summed E-state index contributed by atoms with van der Waals surface area (Å²) >= 11 is 0. The lowest BCUT2D eigenvalue weighted by Crippen LogP contribution is -2.25. The van der Waals surface area contributed by atoms with Crippen LogP contribution in [0, 0.1) is 0 Å². The number of carboxylic acid groups (broad SMARTS) is 1. The van der Waals surface area contributed by atoms with E-state index in [0.29, 0.717) is 17.7 Å². The molecule has 1 aliphatic heterocycles. The minimum absolute atomic E-state index is 0.0350. The van der Waals surface area contributed by atoms with Crippen LogP contribution in [0.15, 0.2) is 21.3 Å². The molecule has 1 aromatic heterocycles. The number of hydrogen-bond acceptors (Lipinski definition) is 5. The molecule has 6 nitrogen and oxygen atoms in total. The van der Waals surface area contributed by atoms with E-state index in [1.54, 1.807) is 0 Å². The fourth-order valence-corrected chi connectivity index (χ4v) is 2.41. The Morgan fingerprint density at radius 3 is 2.85 bits per heavy atom. The van der Waals surface area contributed by atoms with Crippen molar-refractivity contribution in [2.24, 2.45) is 0 Å². The maximum Gasteiger partial charge on any atom is 0.336 e. The summed E-state index contributed by atoms with van der Waals surface area (Å²) in [6.45, 7) is 1.97. The number of fused-ring (bicyclic) bond motifs is 2. The Morgan fingerprint density at radius 1 is 1.40 bits per heavy atom. The van der Waals surface area contributed by atoms with Crippen LogP contribution in [-0.2, 0) is 17.8 Å². The number of carboxylic acids is 1. The average Bonchev–Trinajstić information content (AvgIpc) is 2.37. The molecule has 0 aliphatic carbocycles. The minimum atomic E-state index is -1.29. The largest absolute Gasteiger partial charge is 0.508 e. The van der Waals surface area contributed by atoms with Crippen molar-refractivity contribution in [3.8, 4) is 5.75 Å². The highest BCUT2D eigenvalue weighted by Crippen LogP contribution is 2.27. The van der Waals surface area contributed by atoms with Crippen molar-refractivity contribution >= 4 is 16.9 Å². The summed E-state index contributed by atoms with van der Waals surface area (Å²) in [5, 5.41) is 18.7. The van der Waals surface area contributed by atoms with Crippen LogP contribution in [0.4, 0.5) is 0 Å². The highest BCUT2D eigenvalue weighted by Gasteiger charge is 2.25. The first-order valence-electron chi connectivity index (χ1n) is 6.14. The lowest BCUT2D eigenvalue weighted by atomic mass is 10.0. The van der Waals surface area contributed by atoms with Gasteiger partial charge in [0.15, 0.2) is 5.43 Å².